The normalized spacial score (nSPS) is 10.8. The van der Waals surface area contributed by atoms with Crippen LogP contribution in [0.4, 0.5) is 0 Å². The van der Waals surface area contributed by atoms with Crippen LogP contribution in [0.15, 0.2) is 53.6 Å². The highest BCUT2D eigenvalue weighted by Gasteiger charge is 2.04. The molecule has 0 saturated heterocycles. The Kier molecular flexibility index (Phi) is 7.30. The molecule has 0 aliphatic heterocycles. The fraction of sp³-hybridized carbons (Fsp3) is 0.263. The maximum Gasteiger partial charge on any atom is 0.271 e. The van der Waals surface area contributed by atoms with E-state index in [1.165, 1.54) is 0 Å². The van der Waals surface area contributed by atoms with Gasteiger partial charge in [0.15, 0.2) is 0 Å². The smallest absolute Gasteiger partial charge is 0.271 e. The Labute approximate surface area is 147 Å². The van der Waals surface area contributed by atoms with E-state index in [1.807, 2.05) is 24.3 Å². The SMILES string of the molecule is CCCCCOc1ccccc1/C=N/NC(=O)c1ccc(Cl)cc1. The number of benzene rings is 2. The van der Waals surface area contributed by atoms with Crippen molar-refractivity contribution in [2.45, 2.75) is 26.2 Å². The predicted molar refractivity (Wildman–Crippen MR) is 98.0 cm³/mol. The molecule has 0 fully saturated rings. The maximum atomic E-state index is 12.0. The van der Waals surface area contributed by atoms with E-state index in [2.05, 4.69) is 17.5 Å². The molecule has 4 nitrogen and oxygen atoms in total. The van der Waals surface area contributed by atoms with Gasteiger partial charge in [-0.1, -0.05) is 43.5 Å². The van der Waals surface area contributed by atoms with Gasteiger partial charge in [0.1, 0.15) is 5.75 Å². The summed E-state index contributed by atoms with van der Waals surface area (Å²) in [5.41, 5.74) is 3.83. The molecule has 0 unspecified atom stereocenters. The van der Waals surface area contributed by atoms with Crippen LogP contribution in [0.1, 0.15) is 42.1 Å². The Morgan fingerprint density at radius 3 is 2.67 bits per heavy atom. The number of nitrogens with one attached hydrogen (secondary N) is 1. The van der Waals surface area contributed by atoms with Gasteiger partial charge in [-0.25, -0.2) is 5.43 Å². The first-order valence-electron chi connectivity index (χ1n) is 8.01. The molecule has 0 spiro atoms. The second-order valence-electron chi connectivity index (χ2n) is 5.30. The van der Waals surface area contributed by atoms with E-state index in [1.54, 1.807) is 30.5 Å². The maximum absolute atomic E-state index is 12.0. The van der Waals surface area contributed by atoms with E-state index in [9.17, 15) is 4.79 Å². The zero-order valence-electron chi connectivity index (χ0n) is 13.7. The van der Waals surface area contributed by atoms with E-state index in [4.69, 9.17) is 16.3 Å². The predicted octanol–water partition coefficient (Wildman–Crippen LogP) is 4.67. The number of hydrogen-bond acceptors (Lipinski definition) is 3. The van der Waals surface area contributed by atoms with Crippen molar-refractivity contribution in [3.05, 3.63) is 64.7 Å². The quantitative estimate of drug-likeness (QED) is 0.429. The lowest BCUT2D eigenvalue weighted by molar-refractivity contribution is 0.0955. The van der Waals surface area contributed by atoms with Crippen molar-refractivity contribution < 1.29 is 9.53 Å². The number of ether oxygens (including phenoxy) is 1. The van der Waals surface area contributed by atoms with Crippen LogP contribution >= 0.6 is 11.6 Å². The highest BCUT2D eigenvalue weighted by Crippen LogP contribution is 2.16. The van der Waals surface area contributed by atoms with Crippen molar-refractivity contribution in [2.75, 3.05) is 6.61 Å². The van der Waals surface area contributed by atoms with Crippen molar-refractivity contribution >= 4 is 23.7 Å². The minimum atomic E-state index is -0.288. The molecule has 126 valence electrons. The standard InChI is InChI=1S/C19H21ClN2O2/c1-2-3-6-13-24-18-8-5-4-7-16(18)14-21-22-19(23)15-9-11-17(20)12-10-15/h4-5,7-12,14H,2-3,6,13H2,1H3,(H,22,23)/b21-14+. The topological polar surface area (TPSA) is 50.7 Å². The molecule has 0 saturated carbocycles. The zero-order valence-corrected chi connectivity index (χ0v) is 14.4. The van der Waals surface area contributed by atoms with E-state index in [-0.39, 0.29) is 5.91 Å². The lowest BCUT2D eigenvalue weighted by atomic mass is 10.2. The highest BCUT2D eigenvalue weighted by atomic mass is 35.5. The molecule has 2 rings (SSSR count). The average Bonchev–Trinajstić information content (AvgIpc) is 2.60. The fourth-order valence-electron chi connectivity index (χ4n) is 2.08. The fourth-order valence-corrected chi connectivity index (χ4v) is 2.21. The van der Waals surface area contributed by atoms with E-state index in [0.717, 1.165) is 30.6 Å². The van der Waals surface area contributed by atoms with Crippen LogP contribution in [0.2, 0.25) is 5.02 Å². The third-order valence-electron chi connectivity index (χ3n) is 3.40. The van der Waals surface area contributed by atoms with Crippen LogP contribution in [0.3, 0.4) is 0 Å². The van der Waals surface area contributed by atoms with Gasteiger partial charge in [-0.05, 0) is 42.8 Å². The third-order valence-corrected chi connectivity index (χ3v) is 3.65. The lowest BCUT2D eigenvalue weighted by Crippen LogP contribution is -2.17. The number of unbranched alkanes of at least 4 members (excludes halogenated alkanes) is 2. The van der Waals surface area contributed by atoms with E-state index in [0.29, 0.717) is 17.2 Å². The second kappa shape index (κ2) is 9.73. The van der Waals surface area contributed by atoms with Crippen molar-refractivity contribution in [2.24, 2.45) is 5.10 Å². The summed E-state index contributed by atoms with van der Waals surface area (Å²) in [6.45, 7) is 2.83. The summed E-state index contributed by atoms with van der Waals surface area (Å²) in [6, 6.07) is 14.2. The molecule has 0 aromatic heterocycles. The van der Waals surface area contributed by atoms with Crippen LogP contribution in [0, 0.1) is 0 Å². The van der Waals surface area contributed by atoms with Crippen molar-refractivity contribution in [3.63, 3.8) is 0 Å². The molecule has 5 heteroatoms. The Morgan fingerprint density at radius 1 is 1.17 bits per heavy atom. The number of nitrogens with zero attached hydrogens (tertiary/aromatic N) is 1. The molecule has 0 aliphatic rings. The van der Waals surface area contributed by atoms with Crippen LogP contribution in [0.5, 0.6) is 5.75 Å². The van der Waals surface area contributed by atoms with Crippen LogP contribution in [0.25, 0.3) is 0 Å². The molecule has 2 aromatic rings. The molecule has 0 atom stereocenters. The number of carbonyl (C=O) groups is 1. The summed E-state index contributed by atoms with van der Waals surface area (Å²) in [6.07, 6.45) is 4.91. The zero-order chi connectivity index (χ0) is 17.2. The van der Waals surface area contributed by atoms with Gasteiger partial charge in [0.05, 0.1) is 12.8 Å². The van der Waals surface area contributed by atoms with Gasteiger partial charge >= 0.3 is 0 Å². The summed E-state index contributed by atoms with van der Waals surface area (Å²) in [7, 11) is 0. The van der Waals surface area contributed by atoms with Crippen molar-refractivity contribution in [3.8, 4) is 5.75 Å². The first kappa shape index (κ1) is 18.0. The molecule has 0 aliphatic carbocycles. The molecular weight excluding hydrogens is 324 g/mol. The van der Waals surface area contributed by atoms with Crippen molar-refractivity contribution in [1.29, 1.82) is 0 Å². The van der Waals surface area contributed by atoms with Crippen LogP contribution in [-0.4, -0.2) is 18.7 Å². The Bertz CT molecular complexity index is 684. The molecule has 1 amide bonds. The van der Waals surface area contributed by atoms with E-state index < -0.39 is 0 Å². The molecule has 0 heterocycles. The Hall–Kier alpha value is -2.33. The van der Waals surface area contributed by atoms with Gasteiger partial charge in [0.25, 0.3) is 5.91 Å². The summed E-state index contributed by atoms with van der Waals surface area (Å²) in [5, 5.41) is 4.60. The molecule has 0 radical (unpaired) electrons. The minimum Gasteiger partial charge on any atom is -0.493 e. The Balaban J connectivity index is 1.93. The second-order valence-corrected chi connectivity index (χ2v) is 5.74. The van der Waals surface area contributed by atoms with Crippen LogP contribution < -0.4 is 10.2 Å². The summed E-state index contributed by atoms with van der Waals surface area (Å²) in [4.78, 5) is 12.0. The molecule has 0 bridgehead atoms. The highest BCUT2D eigenvalue weighted by molar-refractivity contribution is 6.30. The van der Waals surface area contributed by atoms with Gasteiger partial charge in [-0.15, -0.1) is 0 Å². The first-order chi connectivity index (χ1) is 11.7. The third kappa shape index (κ3) is 5.70. The summed E-state index contributed by atoms with van der Waals surface area (Å²) >= 11 is 5.80. The van der Waals surface area contributed by atoms with Gasteiger partial charge in [-0.3, -0.25) is 4.79 Å². The number of halogens is 1. The molecule has 24 heavy (non-hydrogen) atoms. The number of carbonyl (C=O) groups excluding carboxylic acids is 1. The van der Waals surface area contributed by atoms with E-state index >= 15 is 0 Å². The number of amides is 1. The van der Waals surface area contributed by atoms with Gasteiger partial charge in [-0.2, -0.15) is 5.10 Å². The summed E-state index contributed by atoms with van der Waals surface area (Å²) < 4.78 is 5.78. The van der Waals surface area contributed by atoms with Crippen molar-refractivity contribution in [1.82, 2.24) is 5.43 Å². The number of rotatable bonds is 8. The lowest BCUT2D eigenvalue weighted by Gasteiger charge is -2.08. The first-order valence-corrected chi connectivity index (χ1v) is 8.39. The average molecular weight is 345 g/mol. The monoisotopic (exact) mass is 344 g/mol. The molecular formula is C19H21ClN2O2. The number of para-hydroxylation sites is 1. The largest absolute Gasteiger partial charge is 0.493 e. The Morgan fingerprint density at radius 2 is 1.92 bits per heavy atom. The van der Waals surface area contributed by atoms with Gasteiger partial charge in [0.2, 0.25) is 0 Å². The minimum absolute atomic E-state index is 0.288. The van der Waals surface area contributed by atoms with Gasteiger partial charge < -0.3 is 4.74 Å². The number of hydrazone groups is 1. The van der Waals surface area contributed by atoms with Crippen LogP contribution in [-0.2, 0) is 0 Å². The summed E-state index contributed by atoms with van der Waals surface area (Å²) in [5.74, 6) is 0.474. The van der Waals surface area contributed by atoms with Gasteiger partial charge in [0, 0.05) is 16.1 Å². The number of hydrogen-bond donors (Lipinski definition) is 1. The molecule has 2 aromatic carbocycles. The molecule has 1 N–H and O–H groups in total.